The van der Waals surface area contributed by atoms with Crippen LogP contribution in [-0.2, 0) is 11.2 Å². The Morgan fingerprint density at radius 2 is 2.37 bits per heavy atom. The van der Waals surface area contributed by atoms with Gasteiger partial charge in [0.25, 0.3) is 5.91 Å². The van der Waals surface area contributed by atoms with Crippen molar-refractivity contribution in [3.05, 3.63) is 29.3 Å². The number of hydrogen-bond donors (Lipinski definition) is 2. The molecule has 4 nitrogen and oxygen atoms in total. The van der Waals surface area contributed by atoms with Gasteiger partial charge in [-0.25, -0.2) is 0 Å². The summed E-state index contributed by atoms with van der Waals surface area (Å²) >= 11 is 0. The molecule has 1 amide bonds. The fraction of sp³-hybridized carbons (Fsp3) is 0.533. The van der Waals surface area contributed by atoms with Crippen LogP contribution in [0.5, 0.6) is 0 Å². The molecule has 2 aliphatic rings. The molecule has 2 heterocycles. The molecule has 0 aromatic heterocycles. The molecule has 2 unspecified atom stereocenters. The van der Waals surface area contributed by atoms with Gasteiger partial charge in [0.1, 0.15) is 0 Å². The van der Waals surface area contributed by atoms with E-state index in [1.807, 2.05) is 25.1 Å². The predicted molar refractivity (Wildman–Crippen MR) is 74.5 cm³/mol. The van der Waals surface area contributed by atoms with E-state index in [-0.39, 0.29) is 18.1 Å². The van der Waals surface area contributed by atoms with Gasteiger partial charge in [0.05, 0.1) is 12.1 Å². The SMILES string of the molecule is CC1OCCC1NC(=O)c1cccc2c1CCCN2. The third-order valence-corrected chi connectivity index (χ3v) is 4.03. The maximum absolute atomic E-state index is 12.4. The summed E-state index contributed by atoms with van der Waals surface area (Å²) in [5.74, 6) is 0.0305. The average molecular weight is 260 g/mol. The van der Waals surface area contributed by atoms with E-state index >= 15 is 0 Å². The topological polar surface area (TPSA) is 50.4 Å². The lowest BCUT2D eigenvalue weighted by atomic mass is 9.97. The highest BCUT2D eigenvalue weighted by atomic mass is 16.5. The van der Waals surface area contributed by atoms with Gasteiger partial charge < -0.3 is 15.4 Å². The van der Waals surface area contributed by atoms with Gasteiger partial charge in [-0.2, -0.15) is 0 Å². The van der Waals surface area contributed by atoms with Crippen molar-refractivity contribution >= 4 is 11.6 Å². The summed E-state index contributed by atoms with van der Waals surface area (Å²) < 4.78 is 5.49. The molecule has 3 rings (SSSR count). The van der Waals surface area contributed by atoms with E-state index in [0.717, 1.165) is 49.2 Å². The summed E-state index contributed by atoms with van der Waals surface area (Å²) in [6.07, 6.45) is 3.07. The highest BCUT2D eigenvalue weighted by Gasteiger charge is 2.27. The van der Waals surface area contributed by atoms with Gasteiger partial charge in [0, 0.05) is 24.4 Å². The van der Waals surface area contributed by atoms with Crippen molar-refractivity contribution in [1.82, 2.24) is 5.32 Å². The Balaban J connectivity index is 1.80. The van der Waals surface area contributed by atoms with Crippen molar-refractivity contribution in [3.63, 3.8) is 0 Å². The second-order valence-corrected chi connectivity index (χ2v) is 5.31. The Hall–Kier alpha value is -1.55. The standard InChI is InChI=1S/C15H20N2O2/c1-10-13(7-9-19-10)17-15(18)12-4-2-6-14-11(12)5-3-8-16-14/h2,4,6,10,13,16H,3,5,7-9H2,1H3,(H,17,18). The Labute approximate surface area is 113 Å². The molecule has 0 radical (unpaired) electrons. The van der Waals surface area contributed by atoms with Crippen molar-refractivity contribution in [2.24, 2.45) is 0 Å². The zero-order chi connectivity index (χ0) is 13.2. The maximum Gasteiger partial charge on any atom is 0.251 e. The van der Waals surface area contributed by atoms with Crippen LogP contribution in [-0.4, -0.2) is 31.2 Å². The zero-order valence-corrected chi connectivity index (χ0v) is 11.2. The molecule has 2 N–H and O–H groups in total. The first-order valence-corrected chi connectivity index (χ1v) is 7.04. The summed E-state index contributed by atoms with van der Waals surface area (Å²) in [4.78, 5) is 12.4. The lowest BCUT2D eigenvalue weighted by Gasteiger charge is -2.22. The van der Waals surface area contributed by atoms with Crippen LogP contribution in [0.4, 0.5) is 5.69 Å². The summed E-state index contributed by atoms with van der Waals surface area (Å²) in [5.41, 5.74) is 3.07. The second-order valence-electron chi connectivity index (χ2n) is 5.31. The van der Waals surface area contributed by atoms with Crippen LogP contribution in [0.3, 0.4) is 0 Å². The smallest absolute Gasteiger partial charge is 0.251 e. The fourth-order valence-corrected chi connectivity index (χ4v) is 2.89. The molecule has 102 valence electrons. The minimum atomic E-state index is 0.0305. The van der Waals surface area contributed by atoms with E-state index in [9.17, 15) is 4.79 Å². The van der Waals surface area contributed by atoms with Crippen LogP contribution >= 0.6 is 0 Å². The second kappa shape index (κ2) is 5.21. The van der Waals surface area contributed by atoms with Crippen LogP contribution in [0.2, 0.25) is 0 Å². The minimum absolute atomic E-state index is 0.0305. The Kier molecular flexibility index (Phi) is 3.42. The van der Waals surface area contributed by atoms with Crippen molar-refractivity contribution in [1.29, 1.82) is 0 Å². The fourth-order valence-electron chi connectivity index (χ4n) is 2.89. The van der Waals surface area contributed by atoms with Crippen LogP contribution in [0.1, 0.15) is 35.7 Å². The van der Waals surface area contributed by atoms with Crippen LogP contribution in [0, 0.1) is 0 Å². The maximum atomic E-state index is 12.4. The van der Waals surface area contributed by atoms with E-state index in [1.165, 1.54) is 0 Å². The summed E-state index contributed by atoms with van der Waals surface area (Å²) in [6, 6.07) is 6.05. The summed E-state index contributed by atoms with van der Waals surface area (Å²) in [7, 11) is 0. The molecule has 2 aliphatic heterocycles. The Morgan fingerprint density at radius 3 is 3.16 bits per heavy atom. The molecular weight excluding hydrogens is 240 g/mol. The number of nitrogens with one attached hydrogen (secondary N) is 2. The number of anilines is 1. The normalized spacial score (nSPS) is 25.5. The molecule has 0 aliphatic carbocycles. The van der Waals surface area contributed by atoms with Crippen molar-refractivity contribution in [2.75, 3.05) is 18.5 Å². The van der Waals surface area contributed by atoms with Gasteiger partial charge in [-0.15, -0.1) is 0 Å². The summed E-state index contributed by atoms with van der Waals surface area (Å²) in [6.45, 7) is 3.74. The largest absolute Gasteiger partial charge is 0.385 e. The van der Waals surface area contributed by atoms with Crippen molar-refractivity contribution in [2.45, 2.75) is 38.3 Å². The molecule has 1 aromatic rings. The first kappa shape index (κ1) is 12.5. The van der Waals surface area contributed by atoms with Gasteiger partial charge in [0.2, 0.25) is 0 Å². The molecule has 1 aromatic carbocycles. The van der Waals surface area contributed by atoms with Crippen LogP contribution in [0.25, 0.3) is 0 Å². The number of amides is 1. The molecule has 1 fully saturated rings. The molecule has 0 saturated carbocycles. The third-order valence-electron chi connectivity index (χ3n) is 4.03. The Morgan fingerprint density at radius 1 is 1.47 bits per heavy atom. The van der Waals surface area contributed by atoms with E-state index in [4.69, 9.17) is 4.74 Å². The number of hydrogen-bond acceptors (Lipinski definition) is 3. The number of carbonyl (C=O) groups is 1. The van der Waals surface area contributed by atoms with Gasteiger partial charge in [-0.1, -0.05) is 6.07 Å². The first-order chi connectivity index (χ1) is 9.25. The average Bonchev–Trinajstić information content (AvgIpc) is 2.83. The zero-order valence-electron chi connectivity index (χ0n) is 11.2. The molecular formula is C15H20N2O2. The molecule has 1 saturated heterocycles. The van der Waals surface area contributed by atoms with Gasteiger partial charge in [0.15, 0.2) is 0 Å². The number of ether oxygens (including phenoxy) is 1. The summed E-state index contributed by atoms with van der Waals surface area (Å²) in [5, 5.41) is 6.46. The number of benzene rings is 1. The van der Waals surface area contributed by atoms with Crippen molar-refractivity contribution in [3.8, 4) is 0 Å². The third kappa shape index (κ3) is 2.45. The molecule has 19 heavy (non-hydrogen) atoms. The lowest BCUT2D eigenvalue weighted by molar-refractivity contribution is 0.0865. The highest BCUT2D eigenvalue weighted by Crippen LogP contribution is 2.25. The highest BCUT2D eigenvalue weighted by molar-refractivity contribution is 5.97. The van der Waals surface area contributed by atoms with Crippen LogP contribution < -0.4 is 10.6 Å². The quantitative estimate of drug-likeness (QED) is 0.854. The Bertz CT molecular complexity index is 487. The monoisotopic (exact) mass is 260 g/mol. The molecule has 2 atom stereocenters. The van der Waals surface area contributed by atoms with Crippen LogP contribution in [0.15, 0.2) is 18.2 Å². The van der Waals surface area contributed by atoms with Gasteiger partial charge >= 0.3 is 0 Å². The predicted octanol–water partition coefficient (Wildman–Crippen LogP) is 1.95. The van der Waals surface area contributed by atoms with E-state index in [0.29, 0.717) is 0 Å². The lowest BCUT2D eigenvalue weighted by Crippen LogP contribution is -2.39. The number of fused-ring (bicyclic) bond motifs is 1. The van der Waals surface area contributed by atoms with E-state index in [1.54, 1.807) is 0 Å². The van der Waals surface area contributed by atoms with Crippen molar-refractivity contribution < 1.29 is 9.53 Å². The van der Waals surface area contributed by atoms with Gasteiger partial charge in [-0.3, -0.25) is 4.79 Å². The molecule has 0 bridgehead atoms. The first-order valence-electron chi connectivity index (χ1n) is 7.04. The molecule has 4 heteroatoms. The van der Waals surface area contributed by atoms with E-state index < -0.39 is 0 Å². The van der Waals surface area contributed by atoms with Gasteiger partial charge in [-0.05, 0) is 43.9 Å². The molecule has 0 spiro atoms. The van der Waals surface area contributed by atoms with E-state index in [2.05, 4.69) is 10.6 Å². The number of carbonyl (C=O) groups excluding carboxylic acids is 1. The number of rotatable bonds is 2. The minimum Gasteiger partial charge on any atom is -0.385 e.